The first-order valence-electron chi connectivity index (χ1n) is 9.17. The SMILES string of the molecule is ClC1NC(c2cccc3ccccc23)NC(c2cccc3ccccc23)N1. The highest BCUT2D eigenvalue weighted by Crippen LogP contribution is 2.30. The minimum Gasteiger partial charge on any atom is -0.279 e. The molecule has 0 amide bonds. The number of hydrogen-bond acceptors (Lipinski definition) is 3. The van der Waals surface area contributed by atoms with Crippen LogP contribution < -0.4 is 16.0 Å². The van der Waals surface area contributed by atoms with E-state index in [0.29, 0.717) is 0 Å². The monoisotopic (exact) mass is 373 g/mol. The van der Waals surface area contributed by atoms with Gasteiger partial charge in [-0.2, -0.15) is 0 Å². The topological polar surface area (TPSA) is 36.1 Å². The molecule has 27 heavy (non-hydrogen) atoms. The second kappa shape index (κ2) is 6.95. The van der Waals surface area contributed by atoms with Crippen LogP contribution in [-0.2, 0) is 0 Å². The van der Waals surface area contributed by atoms with Gasteiger partial charge in [-0.1, -0.05) is 96.5 Å². The summed E-state index contributed by atoms with van der Waals surface area (Å²) in [5.41, 5.74) is 2.06. The summed E-state index contributed by atoms with van der Waals surface area (Å²) in [7, 11) is 0. The molecule has 1 aliphatic rings. The molecule has 3 N–H and O–H groups in total. The third-order valence-corrected chi connectivity index (χ3v) is 5.48. The van der Waals surface area contributed by atoms with E-state index < -0.39 is 0 Å². The van der Waals surface area contributed by atoms with Crippen LogP contribution in [0.1, 0.15) is 23.5 Å². The number of hydrogen-bond donors (Lipinski definition) is 3. The van der Waals surface area contributed by atoms with Crippen LogP contribution in [0.25, 0.3) is 21.5 Å². The second-order valence-electron chi connectivity index (χ2n) is 6.87. The number of halogens is 1. The van der Waals surface area contributed by atoms with Crippen LogP contribution in [0.2, 0.25) is 0 Å². The Morgan fingerprint density at radius 1 is 0.519 bits per heavy atom. The fourth-order valence-electron chi connectivity index (χ4n) is 3.97. The molecule has 1 fully saturated rings. The highest BCUT2D eigenvalue weighted by atomic mass is 35.5. The van der Waals surface area contributed by atoms with Gasteiger partial charge in [0.25, 0.3) is 0 Å². The van der Waals surface area contributed by atoms with Gasteiger partial charge < -0.3 is 0 Å². The Kier molecular flexibility index (Phi) is 4.30. The molecule has 3 nitrogen and oxygen atoms in total. The largest absolute Gasteiger partial charge is 0.279 e. The van der Waals surface area contributed by atoms with Crippen molar-refractivity contribution in [1.82, 2.24) is 16.0 Å². The van der Waals surface area contributed by atoms with Crippen LogP contribution >= 0.6 is 11.6 Å². The van der Waals surface area contributed by atoms with Crippen molar-refractivity contribution < 1.29 is 0 Å². The van der Waals surface area contributed by atoms with E-state index in [2.05, 4.69) is 101 Å². The standard InChI is InChI=1S/C23H20ClN3/c24-23-26-21(19-13-5-9-15-7-1-3-11-17(15)19)25-22(27-23)20-14-6-10-16-8-2-4-12-18(16)20/h1-14,21-23,25-27H. The molecule has 2 unspecified atom stereocenters. The lowest BCUT2D eigenvalue weighted by Gasteiger charge is -2.37. The molecule has 0 saturated carbocycles. The van der Waals surface area contributed by atoms with Crippen molar-refractivity contribution in [2.45, 2.75) is 18.0 Å². The average Bonchev–Trinajstić information content (AvgIpc) is 2.72. The summed E-state index contributed by atoms with van der Waals surface area (Å²) in [6, 6.07) is 29.7. The van der Waals surface area contributed by atoms with Gasteiger partial charge in [0.1, 0.15) is 5.62 Å². The Balaban J connectivity index is 1.56. The van der Waals surface area contributed by atoms with Gasteiger partial charge in [0, 0.05) is 0 Å². The summed E-state index contributed by atoms with van der Waals surface area (Å²) in [6.07, 6.45) is -0.104. The molecule has 4 aromatic carbocycles. The molecule has 1 saturated heterocycles. The number of alkyl halides is 1. The maximum Gasteiger partial charge on any atom is 0.138 e. The third kappa shape index (κ3) is 3.09. The Morgan fingerprint density at radius 2 is 0.963 bits per heavy atom. The van der Waals surface area contributed by atoms with E-state index in [9.17, 15) is 0 Å². The molecule has 4 aromatic rings. The highest BCUT2D eigenvalue weighted by Gasteiger charge is 2.29. The van der Waals surface area contributed by atoms with Gasteiger partial charge in [-0.3, -0.25) is 16.0 Å². The molecule has 0 aliphatic carbocycles. The van der Waals surface area contributed by atoms with E-state index in [-0.39, 0.29) is 18.0 Å². The van der Waals surface area contributed by atoms with E-state index in [1.165, 1.54) is 32.7 Å². The van der Waals surface area contributed by atoms with Crippen molar-refractivity contribution >= 4 is 33.1 Å². The Hall–Kier alpha value is -2.43. The Morgan fingerprint density at radius 3 is 1.48 bits per heavy atom. The molecule has 0 bridgehead atoms. The minimum atomic E-state index is -0.334. The number of benzene rings is 4. The van der Waals surface area contributed by atoms with Crippen molar-refractivity contribution in [3.05, 3.63) is 96.1 Å². The number of rotatable bonds is 2. The first kappa shape index (κ1) is 16.7. The lowest BCUT2D eigenvalue weighted by Crippen LogP contribution is -2.56. The first-order valence-corrected chi connectivity index (χ1v) is 9.61. The van der Waals surface area contributed by atoms with Crippen molar-refractivity contribution in [2.75, 3.05) is 0 Å². The van der Waals surface area contributed by atoms with Gasteiger partial charge in [-0.25, -0.2) is 0 Å². The summed E-state index contributed by atoms with van der Waals surface area (Å²) < 4.78 is 0. The second-order valence-corrected chi connectivity index (χ2v) is 7.30. The van der Waals surface area contributed by atoms with Crippen molar-refractivity contribution in [2.24, 2.45) is 0 Å². The molecule has 5 rings (SSSR count). The summed E-state index contributed by atoms with van der Waals surface area (Å²) in [6.45, 7) is 0. The van der Waals surface area contributed by atoms with Crippen molar-refractivity contribution in [3.8, 4) is 0 Å². The van der Waals surface area contributed by atoms with Crippen LogP contribution in [-0.4, -0.2) is 5.62 Å². The molecular weight excluding hydrogens is 354 g/mol. The Bertz CT molecular complexity index is 1010. The molecule has 1 aliphatic heterocycles. The van der Waals surface area contributed by atoms with Gasteiger partial charge in [0.05, 0.1) is 12.3 Å². The molecule has 0 radical (unpaired) electrons. The van der Waals surface area contributed by atoms with Crippen LogP contribution in [0.5, 0.6) is 0 Å². The minimum absolute atomic E-state index is 0.0520. The van der Waals surface area contributed by atoms with E-state index in [4.69, 9.17) is 11.6 Å². The van der Waals surface area contributed by atoms with E-state index in [1.807, 2.05) is 0 Å². The number of nitrogens with one attached hydrogen (secondary N) is 3. The quantitative estimate of drug-likeness (QED) is 0.342. The number of fused-ring (bicyclic) bond motifs is 2. The van der Waals surface area contributed by atoms with Crippen LogP contribution in [0.15, 0.2) is 84.9 Å². The van der Waals surface area contributed by atoms with Gasteiger partial charge in [0.2, 0.25) is 0 Å². The van der Waals surface area contributed by atoms with E-state index >= 15 is 0 Å². The summed E-state index contributed by atoms with van der Waals surface area (Å²) in [5.74, 6) is 0. The molecule has 1 heterocycles. The lowest BCUT2D eigenvalue weighted by molar-refractivity contribution is 0.249. The summed E-state index contributed by atoms with van der Waals surface area (Å²) in [4.78, 5) is 0. The van der Waals surface area contributed by atoms with Crippen LogP contribution in [0, 0.1) is 0 Å². The van der Waals surface area contributed by atoms with Crippen LogP contribution in [0.4, 0.5) is 0 Å². The van der Waals surface area contributed by atoms with Gasteiger partial charge in [0.15, 0.2) is 0 Å². The predicted molar refractivity (Wildman–Crippen MR) is 112 cm³/mol. The Labute approximate surface area is 163 Å². The van der Waals surface area contributed by atoms with Gasteiger partial charge in [-0.15, -0.1) is 0 Å². The summed E-state index contributed by atoms with van der Waals surface area (Å²) >= 11 is 6.55. The molecule has 0 aromatic heterocycles. The zero-order valence-electron chi connectivity index (χ0n) is 14.7. The van der Waals surface area contributed by atoms with Crippen molar-refractivity contribution in [1.29, 1.82) is 0 Å². The maximum atomic E-state index is 6.55. The van der Waals surface area contributed by atoms with Crippen LogP contribution in [0.3, 0.4) is 0 Å². The zero-order chi connectivity index (χ0) is 18.2. The summed E-state index contributed by atoms with van der Waals surface area (Å²) in [5, 5.41) is 15.4. The fraction of sp³-hybridized carbons (Fsp3) is 0.130. The third-order valence-electron chi connectivity index (χ3n) is 5.23. The predicted octanol–water partition coefficient (Wildman–Crippen LogP) is 5.00. The van der Waals surface area contributed by atoms with Gasteiger partial charge in [-0.05, 0) is 32.7 Å². The average molecular weight is 374 g/mol. The maximum absolute atomic E-state index is 6.55. The zero-order valence-corrected chi connectivity index (χ0v) is 15.4. The van der Waals surface area contributed by atoms with E-state index in [1.54, 1.807) is 0 Å². The molecule has 134 valence electrons. The molecular formula is C23H20ClN3. The first-order chi connectivity index (χ1) is 13.3. The molecule has 0 spiro atoms. The fourth-order valence-corrected chi connectivity index (χ4v) is 4.22. The molecule has 2 atom stereocenters. The highest BCUT2D eigenvalue weighted by molar-refractivity contribution is 6.20. The lowest BCUT2D eigenvalue weighted by atomic mass is 9.99. The van der Waals surface area contributed by atoms with Crippen molar-refractivity contribution in [3.63, 3.8) is 0 Å². The normalized spacial score (nSPS) is 22.9. The molecule has 4 heteroatoms. The van der Waals surface area contributed by atoms with Gasteiger partial charge >= 0.3 is 0 Å². The smallest absolute Gasteiger partial charge is 0.138 e. The van der Waals surface area contributed by atoms with E-state index in [0.717, 1.165) is 0 Å².